The van der Waals surface area contributed by atoms with Crippen LogP contribution in [0.3, 0.4) is 0 Å². The molecule has 2 aliphatic rings. The van der Waals surface area contributed by atoms with Crippen molar-refractivity contribution >= 4 is 25.9 Å². The number of carboxylic acids is 1. The molecule has 11 nitrogen and oxygen atoms in total. The van der Waals surface area contributed by atoms with Crippen LogP contribution in [0.1, 0.15) is 33.6 Å². The first-order valence-electron chi connectivity index (χ1n) is 9.12. The van der Waals surface area contributed by atoms with Crippen LogP contribution in [0.15, 0.2) is 0 Å². The molecular formula is C16H29N2O9P. The Labute approximate surface area is 163 Å². The summed E-state index contributed by atoms with van der Waals surface area (Å²) in [6, 6.07) is -1.11. The molecule has 162 valence electrons. The van der Waals surface area contributed by atoms with Crippen molar-refractivity contribution in [3.05, 3.63) is 0 Å². The van der Waals surface area contributed by atoms with Gasteiger partial charge in [0.05, 0.1) is 0 Å². The third-order valence-electron chi connectivity index (χ3n) is 4.45. The van der Waals surface area contributed by atoms with Crippen molar-refractivity contribution in [3.8, 4) is 0 Å². The maximum absolute atomic E-state index is 12.6. The predicted molar refractivity (Wildman–Crippen MR) is 98.3 cm³/mol. The van der Waals surface area contributed by atoms with Crippen LogP contribution >= 0.6 is 8.09 Å². The molecular weight excluding hydrogens is 395 g/mol. The van der Waals surface area contributed by atoms with E-state index < -0.39 is 43.5 Å². The van der Waals surface area contributed by atoms with E-state index in [9.17, 15) is 19.3 Å². The Morgan fingerprint density at radius 1 is 1.36 bits per heavy atom. The van der Waals surface area contributed by atoms with Crippen molar-refractivity contribution in [2.24, 2.45) is 5.41 Å². The molecule has 3 atom stereocenters. The van der Waals surface area contributed by atoms with Gasteiger partial charge in [-0.1, -0.05) is 0 Å². The fourth-order valence-corrected chi connectivity index (χ4v) is 4.97. The minimum atomic E-state index is -4.06. The van der Waals surface area contributed by atoms with Gasteiger partial charge in [-0.2, -0.15) is 0 Å². The molecule has 0 unspecified atom stereocenters. The molecule has 2 rings (SSSR count). The molecule has 0 radical (unpaired) electrons. The van der Waals surface area contributed by atoms with Gasteiger partial charge in [0.15, 0.2) is 0 Å². The van der Waals surface area contributed by atoms with Crippen LogP contribution in [0.5, 0.6) is 0 Å². The summed E-state index contributed by atoms with van der Waals surface area (Å²) < 4.78 is 21.2. The quantitative estimate of drug-likeness (QED) is 0.303. The zero-order chi connectivity index (χ0) is 20.9. The number of carbonyl (C=O) groups is 3. The Balaban J connectivity index is 1.86. The van der Waals surface area contributed by atoms with Crippen LogP contribution in [0, 0.1) is 5.41 Å². The van der Waals surface area contributed by atoms with Gasteiger partial charge in [-0.25, -0.2) is 0 Å². The number of hydrogen-bond acceptors (Lipinski definition) is 9. The molecule has 2 saturated heterocycles. The number of aliphatic carboxylic acids is 1. The van der Waals surface area contributed by atoms with Crippen LogP contribution in [0.4, 0.5) is 0 Å². The van der Waals surface area contributed by atoms with Crippen LogP contribution in [-0.4, -0.2) is 72.5 Å². The number of rotatable bonds is 8. The summed E-state index contributed by atoms with van der Waals surface area (Å²) in [5, 5.41) is 14.0. The number of nitrogens with one attached hydrogen (secondary N) is 2. The van der Waals surface area contributed by atoms with E-state index in [0.717, 1.165) is 0 Å². The van der Waals surface area contributed by atoms with Crippen LogP contribution < -0.4 is 10.4 Å². The van der Waals surface area contributed by atoms with Gasteiger partial charge in [0, 0.05) is 0 Å². The number of carboxylic acid groups (broad SMARTS) is 1. The predicted octanol–water partition coefficient (Wildman–Crippen LogP) is -0.269. The van der Waals surface area contributed by atoms with Gasteiger partial charge in [-0.05, 0) is 0 Å². The zero-order valence-electron chi connectivity index (χ0n) is 16.2. The molecule has 28 heavy (non-hydrogen) atoms. The molecule has 2 fully saturated rings. The molecule has 2 heterocycles. The molecule has 2 aliphatic heterocycles. The fraction of sp³-hybridized carbons (Fsp3) is 0.812. The van der Waals surface area contributed by atoms with Gasteiger partial charge in [-0.15, -0.1) is 0 Å². The van der Waals surface area contributed by atoms with Crippen LogP contribution in [0.2, 0.25) is 0 Å². The third-order valence-corrected chi connectivity index (χ3v) is 6.34. The van der Waals surface area contributed by atoms with Crippen molar-refractivity contribution in [3.63, 3.8) is 0 Å². The molecule has 0 aliphatic carbocycles. The van der Waals surface area contributed by atoms with Gasteiger partial charge in [0.2, 0.25) is 0 Å². The average Bonchev–Trinajstić information content (AvgIpc) is 3.10. The molecule has 12 heteroatoms. The van der Waals surface area contributed by atoms with Gasteiger partial charge in [0.1, 0.15) is 0 Å². The standard InChI is InChI=1S/C16H29N2O9P/c1-10(15(21)22)18-28(23)25-9-16(2,3)13(27-28)14(20)17-6-4-12(19)26-11-5-7-24-8-11/h10-11,13,18,23,28H,4-9H2,1-3H3,(H,17,20)(H,21,22)/t10-,11+,13-/m0/s1. The molecule has 0 aromatic carbocycles. The Bertz CT molecular complexity index is 597. The number of amides is 1. The van der Waals surface area contributed by atoms with Crippen molar-refractivity contribution in [1.82, 2.24) is 10.4 Å². The second-order valence-electron chi connectivity index (χ2n) is 7.58. The Morgan fingerprint density at radius 2 is 2.07 bits per heavy atom. The SMILES string of the molecule is C[C@H](N[PH]1(O)OCC(C)(C)[C@H](C(=O)NCCC(=O)O[C@@H]2CCOC2)O1)C(=O)O. The molecule has 0 saturated carbocycles. The Morgan fingerprint density at radius 3 is 2.68 bits per heavy atom. The summed E-state index contributed by atoms with van der Waals surface area (Å²) in [7, 11) is -4.06. The fourth-order valence-electron chi connectivity index (χ4n) is 2.76. The number of ether oxygens (including phenoxy) is 2. The van der Waals surface area contributed by atoms with E-state index >= 15 is 0 Å². The summed E-state index contributed by atoms with van der Waals surface area (Å²) in [5.74, 6) is -2.16. The van der Waals surface area contributed by atoms with E-state index in [0.29, 0.717) is 19.6 Å². The molecule has 0 spiro atoms. The first-order chi connectivity index (χ1) is 13.0. The topological polar surface area (TPSA) is 153 Å². The van der Waals surface area contributed by atoms with Crippen molar-refractivity contribution in [2.45, 2.75) is 51.9 Å². The second-order valence-corrected chi connectivity index (χ2v) is 9.55. The van der Waals surface area contributed by atoms with Crippen molar-refractivity contribution in [1.29, 1.82) is 0 Å². The summed E-state index contributed by atoms with van der Waals surface area (Å²) in [5.41, 5.74) is -0.765. The first kappa shape index (κ1) is 22.9. The van der Waals surface area contributed by atoms with Crippen molar-refractivity contribution < 1.29 is 42.9 Å². The first-order valence-corrected chi connectivity index (χ1v) is 10.9. The number of carbonyl (C=O) groups excluding carboxylic acids is 2. The molecule has 0 aromatic heterocycles. The van der Waals surface area contributed by atoms with E-state index in [-0.39, 0.29) is 25.7 Å². The van der Waals surface area contributed by atoms with Gasteiger partial charge >= 0.3 is 163 Å². The van der Waals surface area contributed by atoms with Gasteiger partial charge < -0.3 is 0 Å². The number of esters is 1. The number of hydrogen-bond donors (Lipinski definition) is 4. The zero-order valence-corrected chi connectivity index (χ0v) is 17.2. The molecule has 0 aromatic rings. The normalized spacial score (nSPS) is 28.1. The Kier molecular flexibility index (Phi) is 7.72. The van der Waals surface area contributed by atoms with E-state index in [1.165, 1.54) is 6.92 Å². The van der Waals surface area contributed by atoms with Crippen molar-refractivity contribution in [2.75, 3.05) is 26.4 Å². The second kappa shape index (κ2) is 9.43. The summed E-state index contributed by atoms with van der Waals surface area (Å²) in [6.07, 6.45) is -0.676. The Hall–Kier alpha value is -1.36. The summed E-state index contributed by atoms with van der Waals surface area (Å²) in [6.45, 7) is 5.76. The molecule has 1 amide bonds. The monoisotopic (exact) mass is 424 g/mol. The third kappa shape index (κ3) is 6.33. The van der Waals surface area contributed by atoms with E-state index in [4.69, 9.17) is 23.6 Å². The summed E-state index contributed by atoms with van der Waals surface area (Å²) >= 11 is 0. The molecule has 4 N–H and O–H groups in total. The van der Waals surface area contributed by atoms with E-state index in [2.05, 4.69) is 10.4 Å². The maximum atomic E-state index is 12.6. The minimum absolute atomic E-state index is 0.00311. The van der Waals surface area contributed by atoms with E-state index in [1.807, 2.05) is 0 Å². The average molecular weight is 424 g/mol. The van der Waals surface area contributed by atoms with Gasteiger partial charge in [-0.3, -0.25) is 0 Å². The summed E-state index contributed by atoms with van der Waals surface area (Å²) in [4.78, 5) is 45.8. The van der Waals surface area contributed by atoms with Crippen LogP contribution in [0.25, 0.3) is 0 Å². The molecule has 0 bridgehead atoms. The van der Waals surface area contributed by atoms with E-state index in [1.54, 1.807) is 13.8 Å². The van der Waals surface area contributed by atoms with Gasteiger partial charge in [0.25, 0.3) is 0 Å². The van der Waals surface area contributed by atoms with Crippen LogP contribution in [-0.2, 0) is 32.9 Å².